The van der Waals surface area contributed by atoms with Crippen LogP contribution in [0.3, 0.4) is 0 Å². The Kier molecular flexibility index (Phi) is 2.93. The van der Waals surface area contributed by atoms with Crippen molar-refractivity contribution in [1.29, 1.82) is 0 Å². The second kappa shape index (κ2) is 4.55. The second-order valence-electron chi connectivity index (χ2n) is 3.39. The van der Waals surface area contributed by atoms with Gasteiger partial charge >= 0.3 is 0 Å². The zero-order valence-corrected chi connectivity index (χ0v) is 8.22. The van der Waals surface area contributed by atoms with Crippen molar-refractivity contribution in [2.24, 2.45) is 0 Å². The average molecular weight is 201 g/mol. The highest BCUT2D eigenvalue weighted by atomic mass is 16.3. The highest BCUT2D eigenvalue weighted by molar-refractivity contribution is 5.82. The molecule has 0 unspecified atom stereocenters. The van der Waals surface area contributed by atoms with E-state index in [-0.39, 0.29) is 5.78 Å². The third kappa shape index (κ3) is 2.77. The standard InChI is InChI=1S/C12H11NO2/c14-12(7-11-3-5-15-9-11)6-10-2-1-4-13-8-10/h1-5,8-9H,6-7H2. The van der Waals surface area contributed by atoms with Crippen molar-refractivity contribution in [3.8, 4) is 0 Å². The Balaban J connectivity index is 1.94. The topological polar surface area (TPSA) is 43.1 Å². The van der Waals surface area contributed by atoms with Crippen LogP contribution in [0.2, 0.25) is 0 Å². The van der Waals surface area contributed by atoms with E-state index in [1.54, 1.807) is 31.0 Å². The summed E-state index contributed by atoms with van der Waals surface area (Å²) in [6.45, 7) is 0. The molecule has 0 spiro atoms. The Morgan fingerprint density at radius 2 is 2.13 bits per heavy atom. The molecule has 0 saturated carbocycles. The van der Waals surface area contributed by atoms with Crippen molar-refractivity contribution in [2.75, 3.05) is 0 Å². The second-order valence-corrected chi connectivity index (χ2v) is 3.39. The summed E-state index contributed by atoms with van der Waals surface area (Å²) in [5.41, 5.74) is 1.87. The Morgan fingerprint density at radius 1 is 1.27 bits per heavy atom. The SMILES string of the molecule is O=C(Cc1cccnc1)Cc1ccoc1. The lowest BCUT2D eigenvalue weighted by molar-refractivity contribution is -0.117. The number of furan rings is 1. The molecule has 0 saturated heterocycles. The molecule has 0 aromatic carbocycles. The van der Waals surface area contributed by atoms with Gasteiger partial charge in [0.15, 0.2) is 0 Å². The Morgan fingerprint density at radius 3 is 2.80 bits per heavy atom. The molecule has 2 heterocycles. The number of rotatable bonds is 4. The number of Topliss-reactive ketones (excluding diaryl/α,β-unsaturated/α-hetero) is 1. The molecular formula is C12H11NO2. The molecule has 15 heavy (non-hydrogen) atoms. The predicted octanol–water partition coefficient (Wildman–Crippen LogP) is 2.03. The Labute approximate surface area is 87.8 Å². The third-order valence-corrected chi connectivity index (χ3v) is 2.11. The summed E-state index contributed by atoms with van der Waals surface area (Å²) in [4.78, 5) is 15.6. The molecule has 0 bridgehead atoms. The number of hydrogen-bond acceptors (Lipinski definition) is 3. The van der Waals surface area contributed by atoms with Crippen LogP contribution in [0.4, 0.5) is 0 Å². The van der Waals surface area contributed by atoms with E-state index in [0.717, 1.165) is 11.1 Å². The largest absolute Gasteiger partial charge is 0.472 e. The quantitative estimate of drug-likeness (QED) is 0.760. The highest BCUT2D eigenvalue weighted by Gasteiger charge is 2.05. The van der Waals surface area contributed by atoms with Crippen LogP contribution in [0.5, 0.6) is 0 Å². The molecule has 0 amide bonds. The minimum absolute atomic E-state index is 0.171. The molecule has 2 aromatic rings. The van der Waals surface area contributed by atoms with Crippen molar-refractivity contribution in [3.05, 3.63) is 54.2 Å². The number of carbonyl (C=O) groups is 1. The first-order valence-corrected chi connectivity index (χ1v) is 4.76. The summed E-state index contributed by atoms with van der Waals surface area (Å²) in [5, 5.41) is 0. The summed E-state index contributed by atoms with van der Waals surface area (Å²) in [7, 11) is 0. The van der Waals surface area contributed by atoms with Gasteiger partial charge in [-0.1, -0.05) is 6.07 Å². The van der Waals surface area contributed by atoms with Crippen LogP contribution in [0.15, 0.2) is 47.5 Å². The fourth-order valence-electron chi connectivity index (χ4n) is 1.41. The van der Waals surface area contributed by atoms with E-state index < -0.39 is 0 Å². The molecule has 0 atom stereocenters. The predicted molar refractivity (Wildman–Crippen MR) is 55.4 cm³/mol. The summed E-state index contributed by atoms with van der Waals surface area (Å²) in [6.07, 6.45) is 7.44. The van der Waals surface area contributed by atoms with Crippen molar-refractivity contribution in [3.63, 3.8) is 0 Å². The Bertz CT molecular complexity index is 420. The summed E-state index contributed by atoms with van der Waals surface area (Å²) in [5.74, 6) is 0.171. The highest BCUT2D eigenvalue weighted by Crippen LogP contribution is 2.05. The van der Waals surface area contributed by atoms with E-state index in [1.165, 1.54) is 0 Å². The molecule has 3 heteroatoms. The van der Waals surface area contributed by atoms with E-state index in [4.69, 9.17) is 4.42 Å². The third-order valence-electron chi connectivity index (χ3n) is 2.11. The van der Waals surface area contributed by atoms with Gasteiger partial charge in [0.1, 0.15) is 5.78 Å². The van der Waals surface area contributed by atoms with Crippen LogP contribution in [0.25, 0.3) is 0 Å². The van der Waals surface area contributed by atoms with Crippen LogP contribution >= 0.6 is 0 Å². The summed E-state index contributed by atoms with van der Waals surface area (Å²) >= 11 is 0. The summed E-state index contributed by atoms with van der Waals surface area (Å²) in [6, 6.07) is 5.54. The molecule has 0 aliphatic rings. The molecule has 2 aromatic heterocycles. The van der Waals surface area contributed by atoms with Crippen molar-refractivity contribution < 1.29 is 9.21 Å². The first kappa shape index (κ1) is 9.65. The van der Waals surface area contributed by atoms with E-state index in [0.29, 0.717) is 12.8 Å². The molecular weight excluding hydrogens is 190 g/mol. The lowest BCUT2D eigenvalue weighted by Crippen LogP contribution is -2.05. The van der Waals surface area contributed by atoms with Crippen LogP contribution in [-0.2, 0) is 17.6 Å². The maximum absolute atomic E-state index is 11.6. The molecule has 0 radical (unpaired) electrons. The molecule has 76 valence electrons. The average Bonchev–Trinajstić information content (AvgIpc) is 2.71. The van der Waals surface area contributed by atoms with E-state index in [1.807, 2.05) is 12.1 Å². The van der Waals surface area contributed by atoms with Crippen molar-refractivity contribution in [2.45, 2.75) is 12.8 Å². The van der Waals surface area contributed by atoms with Gasteiger partial charge in [-0.2, -0.15) is 0 Å². The number of carbonyl (C=O) groups excluding carboxylic acids is 1. The molecule has 0 fully saturated rings. The first-order valence-electron chi connectivity index (χ1n) is 4.76. The molecule has 2 rings (SSSR count). The fourth-order valence-corrected chi connectivity index (χ4v) is 1.41. The monoisotopic (exact) mass is 201 g/mol. The Hall–Kier alpha value is -1.90. The zero-order valence-electron chi connectivity index (χ0n) is 8.22. The van der Waals surface area contributed by atoms with E-state index in [2.05, 4.69) is 4.98 Å². The van der Waals surface area contributed by atoms with Crippen molar-refractivity contribution >= 4 is 5.78 Å². The van der Waals surface area contributed by atoms with Crippen LogP contribution < -0.4 is 0 Å². The fraction of sp³-hybridized carbons (Fsp3) is 0.167. The minimum atomic E-state index is 0.171. The van der Waals surface area contributed by atoms with Gasteiger partial charge in [0, 0.05) is 25.2 Å². The van der Waals surface area contributed by atoms with Gasteiger partial charge in [0.05, 0.1) is 12.5 Å². The van der Waals surface area contributed by atoms with Gasteiger partial charge in [-0.05, 0) is 23.3 Å². The van der Waals surface area contributed by atoms with E-state index in [9.17, 15) is 4.79 Å². The van der Waals surface area contributed by atoms with Crippen LogP contribution in [0, 0.1) is 0 Å². The lowest BCUT2D eigenvalue weighted by atomic mass is 10.1. The molecule has 0 aliphatic heterocycles. The molecule has 0 N–H and O–H groups in total. The van der Waals surface area contributed by atoms with Gasteiger partial charge in [-0.3, -0.25) is 9.78 Å². The lowest BCUT2D eigenvalue weighted by Gasteiger charge is -1.98. The number of aromatic nitrogens is 1. The van der Waals surface area contributed by atoms with Crippen LogP contribution in [-0.4, -0.2) is 10.8 Å². The molecule has 0 aliphatic carbocycles. The van der Waals surface area contributed by atoms with Gasteiger partial charge in [0.25, 0.3) is 0 Å². The normalized spacial score (nSPS) is 10.1. The van der Waals surface area contributed by atoms with Gasteiger partial charge in [-0.25, -0.2) is 0 Å². The number of pyridine rings is 1. The molecule has 3 nitrogen and oxygen atoms in total. The van der Waals surface area contributed by atoms with E-state index >= 15 is 0 Å². The van der Waals surface area contributed by atoms with Crippen LogP contribution in [0.1, 0.15) is 11.1 Å². The zero-order chi connectivity index (χ0) is 10.5. The maximum Gasteiger partial charge on any atom is 0.141 e. The minimum Gasteiger partial charge on any atom is -0.472 e. The van der Waals surface area contributed by atoms with Gasteiger partial charge < -0.3 is 4.42 Å². The summed E-state index contributed by atoms with van der Waals surface area (Å²) < 4.78 is 4.90. The smallest absolute Gasteiger partial charge is 0.141 e. The number of nitrogens with zero attached hydrogens (tertiary/aromatic N) is 1. The van der Waals surface area contributed by atoms with Gasteiger partial charge in [-0.15, -0.1) is 0 Å². The van der Waals surface area contributed by atoms with Crippen molar-refractivity contribution in [1.82, 2.24) is 4.98 Å². The first-order chi connectivity index (χ1) is 7.34. The number of ketones is 1. The van der Waals surface area contributed by atoms with Gasteiger partial charge in [0.2, 0.25) is 0 Å². The number of hydrogen-bond donors (Lipinski definition) is 0. The maximum atomic E-state index is 11.6.